The second kappa shape index (κ2) is 14.4. The van der Waals surface area contributed by atoms with Crippen LogP contribution in [0.15, 0.2) is 224 Å². The first-order valence-electron chi connectivity index (χ1n) is 20.3. The fourth-order valence-electron chi connectivity index (χ4n) is 9.17. The van der Waals surface area contributed by atoms with Gasteiger partial charge in [-0.1, -0.05) is 182 Å². The maximum Gasteiger partial charge on any atom is 0.0575 e. The van der Waals surface area contributed by atoms with E-state index < -0.39 is 0 Å². The molecule has 0 unspecified atom stereocenters. The number of hydrogen-bond acceptors (Lipinski definition) is 1. The van der Waals surface area contributed by atoms with E-state index in [1.807, 2.05) is 0 Å². The molecular weight excluding hydrogens is 713 g/mol. The van der Waals surface area contributed by atoms with Crippen LogP contribution in [0.1, 0.15) is 0 Å². The van der Waals surface area contributed by atoms with Crippen LogP contribution in [0, 0.1) is 0 Å². The van der Waals surface area contributed by atoms with E-state index in [2.05, 4.69) is 241 Å². The van der Waals surface area contributed by atoms with Gasteiger partial charge < -0.3 is 9.47 Å². The molecule has 2 nitrogen and oxygen atoms in total. The smallest absolute Gasteiger partial charge is 0.0575 e. The van der Waals surface area contributed by atoms with E-state index in [-0.39, 0.29) is 0 Å². The molecule has 0 radical (unpaired) electrons. The summed E-state index contributed by atoms with van der Waals surface area (Å²) in [6, 6.07) is 81.6. The fourth-order valence-corrected chi connectivity index (χ4v) is 9.17. The first-order chi connectivity index (χ1) is 29.2. The minimum Gasteiger partial charge on any atom is -0.343 e. The maximum atomic E-state index is 2.42. The van der Waals surface area contributed by atoms with Gasteiger partial charge in [0.25, 0.3) is 0 Å². The highest BCUT2D eigenvalue weighted by Gasteiger charge is 2.23. The minimum absolute atomic E-state index is 1.09. The average Bonchev–Trinajstić information content (AvgIpc) is 3.63. The van der Waals surface area contributed by atoms with E-state index in [0.29, 0.717) is 0 Å². The van der Waals surface area contributed by atoms with E-state index in [0.717, 1.165) is 17.1 Å². The van der Waals surface area contributed by atoms with Crippen LogP contribution >= 0.6 is 0 Å². The van der Waals surface area contributed by atoms with Crippen molar-refractivity contribution in [2.24, 2.45) is 7.05 Å². The summed E-state index contributed by atoms with van der Waals surface area (Å²) in [4.78, 5) is 2.37. The number of anilines is 3. The highest BCUT2D eigenvalue weighted by atomic mass is 15.1. The summed E-state index contributed by atoms with van der Waals surface area (Å²) >= 11 is 0. The van der Waals surface area contributed by atoms with Gasteiger partial charge in [-0.05, 0) is 103 Å². The number of benzene rings is 10. The molecule has 11 aromatic rings. The number of aromatic nitrogens is 1. The summed E-state index contributed by atoms with van der Waals surface area (Å²) in [6.45, 7) is 0. The maximum absolute atomic E-state index is 2.42. The molecule has 0 saturated carbocycles. The van der Waals surface area contributed by atoms with Gasteiger partial charge in [0.05, 0.1) is 11.2 Å². The van der Waals surface area contributed by atoms with Crippen LogP contribution in [-0.4, -0.2) is 4.57 Å². The third kappa shape index (κ3) is 5.97. The van der Waals surface area contributed by atoms with Gasteiger partial charge in [0.15, 0.2) is 0 Å². The van der Waals surface area contributed by atoms with Crippen LogP contribution in [0.2, 0.25) is 0 Å². The third-order valence-corrected chi connectivity index (χ3v) is 12.0. The van der Waals surface area contributed by atoms with Gasteiger partial charge in [-0.3, -0.25) is 0 Å². The minimum atomic E-state index is 1.09. The number of rotatable bonds is 7. The second-order valence-corrected chi connectivity index (χ2v) is 15.4. The van der Waals surface area contributed by atoms with Crippen LogP contribution in [0.4, 0.5) is 17.1 Å². The molecule has 59 heavy (non-hydrogen) atoms. The third-order valence-electron chi connectivity index (χ3n) is 12.0. The Morgan fingerprint density at radius 1 is 0.322 bits per heavy atom. The van der Waals surface area contributed by atoms with Crippen LogP contribution in [-0.2, 0) is 7.05 Å². The van der Waals surface area contributed by atoms with Crippen molar-refractivity contribution in [3.8, 4) is 44.6 Å². The fraction of sp³-hybridized carbons (Fsp3) is 0.0175. The molecule has 1 heterocycles. The number of hydrogen-bond donors (Lipinski definition) is 0. The first-order valence-corrected chi connectivity index (χ1v) is 20.3. The molecule has 0 fully saturated rings. The predicted molar refractivity (Wildman–Crippen MR) is 252 cm³/mol. The molecule has 0 aliphatic rings. The van der Waals surface area contributed by atoms with Crippen LogP contribution in [0.5, 0.6) is 0 Å². The number of fused-ring (bicyclic) bond motifs is 7. The summed E-state index contributed by atoms with van der Waals surface area (Å²) in [5.74, 6) is 0. The molecular formula is C57H40N2. The van der Waals surface area contributed by atoms with Crippen LogP contribution < -0.4 is 4.90 Å². The second-order valence-electron chi connectivity index (χ2n) is 15.4. The van der Waals surface area contributed by atoms with Crippen molar-refractivity contribution < 1.29 is 0 Å². The first kappa shape index (κ1) is 34.6. The molecule has 0 N–H and O–H groups in total. The molecule has 278 valence electrons. The quantitative estimate of drug-likeness (QED) is 0.147. The van der Waals surface area contributed by atoms with E-state index in [4.69, 9.17) is 0 Å². The van der Waals surface area contributed by atoms with Crippen molar-refractivity contribution in [1.82, 2.24) is 4.57 Å². The molecule has 0 atom stereocenters. The van der Waals surface area contributed by atoms with Crippen molar-refractivity contribution in [3.63, 3.8) is 0 Å². The topological polar surface area (TPSA) is 8.17 Å². The summed E-state index contributed by atoms with van der Waals surface area (Å²) in [5.41, 5.74) is 14.2. The zero-order valence-electron chi connectivity index (χ0n) is 32.8. The highest BCUT2D eigenvalue weighted by Crippen LogP contribution is 2.47. The zero-order valence-corrected chi connectivity index (χ0v) is 32.8. The molecule has 1 aromatic heterocycles. The van der Waals surface area contributed by atoms with E-state index >= 15 is 0 Å². The van der Waals surface area contributed by atoms with Gasteiger partial charge in [-0.15, -0.1) is 0 Å². The van der Waals surface area contributed by atoms with E-state index in [9.17, 15) is 0 Å². The van der Waals surface area contributed by atoms with Gasteiger partial charge in [-0.2, -0.15) is 0 Å². The van der Waals surface area contributed by atoms with Crippen molar-refractivity contribution in [2.75, 3.05) is 4.90 Å². The molecule has 0 bridgehead atoms. The Kier molecular flexibility index (Phi) is 8.41. The highest BCUT2D eigenvalue weighted by molar-refractivity contribution is 6.29. The van der Waals surface area contributed by atoms with Gasteiger partial charge in [0.2, 0.25) is 0 Å². The Labute approximate surface area is 344 Å². The normalized spacial score (nSPS) is 11.5. The largest absolute Gasteiger partial charge is 0.343 e. The Hall–Kier alpha value is -7.68. The van der Waals surface area contributed by atoms with Gasteiger partial charge >= 0.3 is 0 Å². The molecule has 0 aliphatic carbocycles. The Bertz CT molecular complexity index is 3290. The lowest BCUT2D eigenvalue weighted by atomic mass is 9.92. The van der Waals surface area contributed by atoms with Crippen LogP contribution in [0.3, 0.4) is 0 Å². The van der Waals surface area contributed by atoms with E-state index in [1.165, 1.54) is 87.9 Å². The van der Waals surface area contributed by atoms with Crippen molar-refractivity contribution in [1.29, 1.82) is 0 Å². The number of aryl methyl sites for hydroxylation is 1. The predicted octanol–water partition coefficient (Wildman–Crippen LogP) is 15.8. The monoisotopic (exact) mass is 752 g/mol. The van der Waals surface area contributed by atoms with Crippen molar-refractivity contribution in [3.05, 3.63) is 224 Å². The molecule has 0 saturated heterocycles. The van der Waals surface area contributed by atoms with Crippen molar-refractivity contribution >= 4 is 60.3 Å². The van der Waals surface area contributed by atoms with Crippen LogP contribution in [0.25, 0.3) is 87.9 Å². The number of nitrogens with zero attached hydrogens (tertiary/aromatic N) is 2. The summed E-state index contributed by atoms with van der Waals surface area (Å²) in [5, 5.41) is 8.87. The molecule has 10 aromatic carbocycles. The Morgan fingerprint density at radius 2 is 0.746 bits per heavy atom. The molecule has 2 heteroatoms. The Morgan fingerprint density at radius 3 is 1.36 bits per heavy atom. The lowest BCUT2D eigenvalue weighted by Crippen LogP contribution is -2.09. The van der Waals surface area contributed by atoms with Crippen molar-refractivity contribution in [2.45, 2.75) is 0 Å². The Balaban J connectivity index is 1.07. The lowest BCUT2D eigenvalue weighted by Gasteiger charge is -2.26. The summed E-state index contributed by atoms with van der Waals surface area (Å²) < 4.78 is 2.42. The van der Waals surface area contributed by atoms with E-state index in [1.54, 1.807) is 0 Å². The zero-order chi connectivity index (χ0) is 39.3. The van der Waals surface area contributed by atoms with Gasteiger partial charge in [0.1, 0.15) is 0 Å². The molecule has 11 rings (SSSR count). The van der Waals surface area contributed by atoms with Gasteiger partial charge in [-0.25, -0.2) is 0 Å². The molecule has 0 aliphatic heterocycles. The van der Waals surface area contributed by atoms with Gasteiger partial charge in [0, 0.05) is 40.4 Å². The molecule has 0 spiro atoms. The SMILES string of the molecule is Cn1c(-c2ccccc2)c(-c2ccc(N(c3ccc(-c4ccccc4)cc3)c3ccc(-c4ccc5ccccc5c4)cc3)cc2)c2c3ccccc3c3ccccc3c21. The summed E-state index contributed by atoms with van der Waals surface area (Å²) in [6.07, 6.45) is 0. The standard InChI is InChI=1S/C57H40N2/c1-58-56(44-17-6-3-7-18-44)54(55-52-22-12-10-20-50(52)51-21-11-13-23-53(51)57(55)58)43-30-36-49(37-31-43)59(47-32-26-41(27-33-47)39-14-4-2-5-15-39)48-34-28-42(29-35-48)46-25-24-40-16-8-9-19-45(40)38-46/h2-38H,1H3. The summed E-state index contributed by atoms with van der Waals surface area (Å²) in [7, 11) is 2.23. The molecule has 0 amide bonds. The average molecular weight is 753 g/mol. The lowest BCUT2D eigenvalue weighted by molar-refractivity contribution is 0.983.